The van der Waals surface area contributed by atoms with Crippen LogP contribution in [-0.4, -0.2) is 48.1 Å². The molecule has 9 nitrogen and oxygen atoms in total. The van der Waals surface area contributed by atoms with Gasteiger partial charge in [-0.05, 0) is 50.2 Å². The predicted molar refractivity (Wildman–Crippen MR) is 121 cm³/mol. The summed E-state index contributed by atoms with van der Waals surface area (Å²) in [5.74, 6) is 0. The standard InChI is InChI=1S/C22H25N9/c23-7-1-9-30-13-21(26-28-30)15-3-5-19-17(11-15)18-12-16(4-6-20(18)25-19)22-14-31(29-27-22)10-2-8-24/h3-6,11-14,25H,1-2,7-10,23-24H2. The highest BCUT2D eigenvalue weighted by atomic mass is 15.4. The molecule has 0 aliphatic heterocycles. The Morgan fingerprint density at radius 2 is 1.19 bits per heavy atom. The monoisotopic (exact) mass is 415 g/mol. The van der Waals surface area contributed by atoms with E-state index < -0.39 is 0 Å². The number of nitrogens with one attached hydrogen (secondary N) is 1. The van der Waals surface area contributed by atoms with Crippen LogP contribution in [-0.2, 0) is 13.1 Å². The Morgan fingerprint density at radius 1 is 0.710 bits per heavy atom. The second kappa shape index (κ2) is 8.29. The zero-order valence-electron chi connectivity index (χ0n) is 17.2. The Kier molecular flexibility index (Phi) is 5.19. The first-order chi connectivity index (χ1) is 15.2. The van der Waals surface area contributed by atoms with Crippen LogP contribution >= 0.6 is 0 Å². The van der Waals surface area contributed by atoms with Gasteiger partial charge < -0.3 is 16.5 Å². The Bertz CT molecular complexity index is 1230. The van der Waals surface area contributed by atoms with Gasteiger partial charge in [0.05, 0.1) is 12.4 Å². The lowest BCUT2D eigenvalue weighted by Gasteiger charge is -1.99. The molecule has 0 saturated heterocycles. The minimum atomic E-state index is 0.638. The van der Waals surface area contributed by atoms with Crippen LogP contribution in [0.25, 0.3) is 44.3 Å². The van der Waals surface area contributed by atoms with Crippen LogP contribution in [0.2, 0.25) is 0 Å². The van der Waals surface area contributed by atoms with Crippen molar-refractivity contribution in [2.75, 3.05) is 13.1 Å². The first-order valence-corrected chi connectivity index (χ1v) is 10.5. The van der Waals surface area contributed by atoms with Crippen molar-refractivity contribution < 1.29 is 0 Å². The molecule has 158 valence electrons. The van der Waals surface area contributed by atoms with Crippen molar-refractivity contribution in [1.29, 1.82) is 0 Å². The highest BCUT2D eigenvalue weighted by Crippen LogP contribution is 2.32. The van der Waals surface area contributed by atoms with Gasteiger partial charge in [0.1, 0.15) is 11.4 Å². The van der Waals surface area contributed by atoms with Crippen molar-refractivity contribution in [2.24, 2.45) is 11.5 Å². The molecule has 0 unspecified atom stereocenters. The summed E-state index contributed by atoms with van der Waals surface area (Å²) in [5, 5.41) is 19.4. The van der Waals surface area contributed by atoms with Gasteiger partial charge in [-0.2, -0.15) is 0 Å². The predicted octanol–water partition coefficient (Wildman–Crippen LogP) is 2.54. The summed E-state index contributed by atoms with van der Waals surface area (Å²) in [7, 11) is 0. The fraction of sp³-hybridized carbons (Fsp3) is 0.273. The van der Waals surface area contributed by atoms with Crippen molar-refractivity contribution in [2.45, 2.75) is 25.9 Å². The number of aromatic amines is 1. The molecule has 0 fully saturated rings. The third-order valence-electron chi connectivity index (χ3n) is 5.45. The number of nitrogens with zero attached hydrogens (tertiary/aromatic N) is 6. The van der Waals surface area contributed by atoms with Gasteiger partial charge in [0.25, 0.3) is 0 Å². The minimum absolute atomic E-state index is 0.638. The molecule has 0 radical (unpaired) electrons. The molecule has 5 aromatic rings. The number of nitrogens with two attached hydrogens (primary N) is 2. The smallest absolute Gasteiger partial charge is 0.113 e. The largest absolute Gasteiger partial charge is 0.355 e. The van der Waals surface area contributed by atoms with E-state index in [1.807, 2.05) is 21.8 Å². The summed E-state index contributed by atoms with van der Waals surface area (Å²) in [5.41, 5.74) is 17.1. The van der Waals surface area contributed by atoms with Gasteiger partial charge in [0.2, 0.25) is 0 Å². The van der Waals surface area contributed by atoms with E-state index in [0.29, 0.717) is 13.1 Å². The first-order valence-electron chi connectivity index (χ1n) is 10.5. The van der Waals surface area contributed by atoms with E-state index in [2.05, 4.69) is 62.0 Å². The molecule has 0 saturated carbocycles. The van der Waals surface area contributed by atoms with Crippen LogP contribution in [0.3, 0.4) is 0 Å². The summed E-state index contributed by atoms with van der Waals surface area (Å²) < 4.78 is 3.68. The topological polar surface area (TPSA) is 129 Å². The molecule has 5 N–H and O–H groups in total. The van der Waals surface area contributed by atoms with E-state index in [-0.39, 0.29) is 0 Å². The second-order valence-corrected chi connectivity index (χ2v) is 7.66. The molecule has 0 atom stereocenters. The normalized spacial score (nSPS) is 11.7. The third kappa shape index (κ3) is 3.80. The summed E-state index contributed by atoms with van der Waals surface area (Å²) in [6, 6.07) is 12.6. The van der Waals surface area contributed by atoms with E-state index in [9.17, 15) is 0 Å². The molecule has 0 aliphatic rings. The molecule has 3 heterocycles. The van der Waals surface area contributed by atoms with Crippen LogP contribution in [0, 0.1) is 0 Å². The molecule has 5 rings (SSSR count). The summed E-state index contributed by atoms with van der Waals surface area (Å²) >= 11 is 0. The lowest BCUT2D eigenvalue weighted by atomic mass is 10.0. The fourth-order valence-corrected chi connectivity index (χ4v) is 3.80. The molecule has 0 bridgehead atoms. The lowest BCUT2D eigenvalue weighted by molar-refractivity contribution is 0.564. The number of H-pyrrole nitrogens is 1. The number of rotatable bonds is 8. The van der Waals surface area contributed by atoms with Gasteiger partial charge in [-0.1, -0.05) is 22.6 Å². The molecule has 0 spiro atoms. The maximum Gasteiger partial charge on any atom is 0.113 e. The molecular formula is C22H25N9. The van der Waals surface area contributed by atoms with E-state index in [1.165, 1.54) is 0 Å². The first kappa shape index (κ1) is 19.4. The second-order valence-electron chi connectivity index (χ2n) is 7.66. The molecule has 9 heteroatoms. The van der Waals surface area contributed by atoms with Gasteiger partial charge >= 0.3 is 0 Å². The molecule has 3 aromatic heterocycles. The number of hydrogen-bond acceptors (Lipinski definition) is 6. The number of aromatic nitrogens is 7. The zero-order chi connectivity index (χ0) is 21.2. The van der Waals surface area contributed by atoms with Crippen molar-refractivity contribution in [3.05, 3.63) is 48.8 Å². The molecule has 0 aliphatic carbocycles. The highest BCUT2D eigenvalue weighted by Gasteiger charge is 2.11. The zero-order valence-corrected chi connectivity index (χ0v) is 17.2. The lowest BCUT2D eigenvalue weighted by Crippen LogP contribution is -2.06. The van der Waals surface area contributed by atoms with Crippen LogP contribution in [0.1, 0.15) is 12.8 Å². The highest BCUT2D eigenvalue weighted by molar-refractivity contribution is 6.09. The number of aryl methyl sites for hydroxylation is 2. The van der Waals surface area contributed by atoms with E-state index in [0.717, 1.165) is 70.3 Å². The molecule has 0 amide bonds. The number of hydrogen-bond donors (Lipinski definition) is 3. The summed E-state index contributed by atoms with van der Waals surface area (Å²) in [6.07, 6.45) is 5.70. The maximum absolute atomic E-state index is 5.59. The Balaban J connectivity index is 1.51. The average molecular weight is 416 g/mol. The van der Waals surface area contributed by atoms with Crippen LogP contribution in [0.15, 0.2) is 48.8 Å². The quantitative estimate of drug-likeness (QED) is 0.357. The van der Waals surface area contributed by atoms with Crippen molar-refractivity contribution in [3.8, 4) is 22.5 Å². The SMILES string of the molecule is NCCCn1cc(-c2ccc3[nH]c4ccc(-c5cn(CCCN)nn5)cc4c3c2)nn1. The van der Waals surface area contributed by atoms with Crippen molar-refractivity contribution in [1.82, 2.24) is 35.0 Å². The van der Waals surface area contributed by atoms with Crippen LogP contribution in [0.5, 0.6) is 0 Å². The van der Waals surface area contributed by atoms with Gasteiger partial charge in [-0.25, -0.2) is 0 Å². The van der Waals surface area contributed by atoms with Gasteiger partial charge in [-0.15, -0.1) is 10.2 Å². The van der Waals surface area contributed by atoms with Crippen molar-refractivity contribution >= 4 is 21.8 Å². The Hall–Kier alpha value is -3.56. The minimum Gasteiger partial charge on any atom is -0.355 e. The third-order valence-corrected chi connectivity index (χ3v) is 5.45. The summed E-state index contributed by atoms with van der Waals surface area (Å²) in [4.78, 5) is 3.49. The van der Waals surface area contributed by atoms with Gasteiger partial charge in [0, 0.05) is 46.0 Å². The Labute approximate surface area is 179 Å². The fourth-order valence-electron chi connectivity index (χ4n) is 3.80. The van der Waals surface area contributed by atoms with Gasteiger partial charge in [0.15, 0.2) is 0 Å². The number of fused-ring (bicyclic) bond motifs is 3. The van der Waals surface area contributed by atoms with E-state index in [1.54, 1.807) is 0 Å². The Morgan fingerprint density at radius 3 is 1.65 bits per heavy atom. The van der Waals surface area contributed by atoms with Crippen molar-refractivity contribution in [3.63, 3.8) is 0 Å². The molecule has 31 heavy (non-hydrogen) atoms. The van der Waals surface area contributed by atoms with E-state index in [4.69, 9.17) is 11.5 Å². The van der Waals surface area contributed by atoms with E-state index >= 15 is 0 Å². The molecular weight excluding hydrogens is 390 g/mol. The summed E-state index contributed by atoms with van der Waals surface area (Å²) in [6.45, 7) is 2.82. The maximum atomic E-state index is 5.59. The van der Waals surface area contributed by atoms with Gasteiger partial charge in [-0.3, -0.25) is 9.36 Å². The van der Waals surface area contributed by atoms with Crippen LogP contribution in [0.4, 0.5) is 0 Å². The number of benzene rings is 2. The molecule has 2 aromatic carbocycles. The van der Waals surface area contributed by atoms with Crippen LogP contribution < -0.4 is 11.5 Å². The average Bonchev–Trinajstić information content (AvgIpc) is 3.53.